The number of carbonyl (C=O) groups excluding carboxylic acids is 1. The summed E-state index contributed by atoms with van der Waals surface area (Å²) in [5.74, 6) is 0.349. The van der Waals surface area contributed by atoms with Crippen LogP contribution in [0.2, 0.25) is 5.02 Å². The van der Waals surface area contributed by atoms with Crippen LogP contribution in [0.15, 0.2) is 65.7 Å². The number of hydrogen-bond donors (Lipinski definition) is 1. The van der Waals surface area contributed by atoms with Gasteiger partial charge in [-0.25, -0.2) is 4.98 Å². The summed E-state index contributed by atoms with van der Waals surface area (Å²) in [6.07, 6.45) is 1.18. The third-order valence-electron chi connectivity index (χ3n) is 3.81. The lowest BCUT2D eigenvalue weighted by atomic mass is 9.99. The molecule has 0 radical (unpaired) electrons. The third kappa shape index (κ3) is 4.45. The largest absolute Gasteiger partial charge is 0.310 e. The molecule has 0 aliphatic carbocycles. The fraction of sp³-hybridized carbons (Fsp3) is 0.0526. The monoisotopic (exact) mass is 399 g/mol. The molecule has 0 unspecified atom stereocenters. The van der Waals surface area contributed by atoms with Gasteiger partial charge in [-0.3, -0.25) is 14.9 Å². The fourth-order valence-corrected chi connectivity index (χ4v) is 3.37. The van der Waals surface area contributed by atoms with Gasteiger partial charge in [-0.05, 0) is 48.7 Å². The van der Waals surface area contributed by atoms with Crippen LogP contribution in [0, 0.1) is 17.0 Å². The van der Waals surface area contributed by atoms with Crippen molar-refractivity contribution in [3.05, 3.63) is 92.6 Å². The number of nitrogens with zero attached hydrogens (tertiary/aromatic N) is 2. The first-order valence-electron chi connectivity index (χ1n) is 7.89. The SMILES string of the molecule is Cc1ccccc1C(=O)c1ccc(SNc2ccc([N+](=O)[O-])cn2)cc1Cl. The number of ketones is 1. The molecular formula is C19H14ClN3O3S. The molecule has 6 nitrogen and oxygen atoms in total. The predicted molar refractivity (Wildman–Crippen MR) is 106 cm³/mol. The van der Waals surface area contributed by atoms with Gasteiger partial charge >= 0.3 is 0 Å². The van der Waals surface area contributed by atoms with Crippen LogP contribution in [0.5, 0.6) is 0 Å². The Hall–Kier alpha value is -2.90. The lowest BCUT2D eigenvalue weighted by molar-refractivity contribution is -0.385. The fourth-order valence-electron chi connectivity index (χ4n) is 2.38. The smallest absolute Gasteiger partial charge is 0.287 e. The minimum atomic E-state index is -0.506. The summed E-state index contributed by atoms with van der Waals surface area (Å²) in [4.78, 5) is 27.6. The van der Waals surface area contributed by atoms with Crippen LogP contribution in [0.3, 0.4) is 0 Å². The van der Waals surface area contributed by atoms with Gasteiger partial charge < -0.3 is 4.72 Å². The van der Waals surface area contributed by atoms with Crippen molar-refractivity contribution in [3.63, 3.8) is 0 Å². The molecule has 2 aromatic carbocycles. The zero-order valence-electron chi connectivity index (χ0n) is 14.2. The standard InChI is InChI=1S/C19H14ClN3O3S/c1-12-4-2-3-5-15(12)19(24)16-8-7-14(10-17(16)20)27-22-18-9-6-13(11-21-18)23(25)26/h2-11H,1H3,(H,21,22). The molecule has 0 spiro atoms. The van der Waals surface area contributed by atoms with Crippen LogP contribution < -0.4 is 4.72 Å². The van der Waals surface area contributed by atoms with E-state index < -0.39 is 4.92 Å². The molecule has 3 rings (SSSR count). The first kappa shape index (κ1) is 18.9. The average Bonchev–Trinajstić information content (AvgIpc) is 2.66. The Balaban J connectivity index is 1.72. The summed E-state index contributed by atoms with van der Waals surface area (Å²) < 4.78 is 2.98. The summed E-state index contributed by atoms with van der Waals surface area (Å²) in [5.41, 5.74) is 1.87. The minimum absolute atomic E-state index is 0.0762. The molecule has 0 saturated carbocycles. The van der Waals surface area contributed by atoms with Gasteiger partial charge in [-0.1, -0.05) is 35.9 Å². The van der Waals surface area contributed by atoms with Gasteiger partial charge in [0.25, 0.3) is 5.69 Å². The second-order valence-corrected chi connectivity index (χ2v) is 6.94. The second kappa shape index (κ2) is 8.20. The molecule has 1 aromatic heterocycles. The maximum Gasteiger partial charge on any atom is 0.287 e. The van der Waals surface area contributed by atoms with Crippen molar-refractivity contribution in [1.82, 2.24) is 4.98 Å². The molecular weight excluding hydrogens is 386 g/mol. The summed E-state index contributed by atoms with van der Waals surface area (Å²) in [5, 5.41) is 11.0. The van der Waals surface area contributed by atoms with Crippen LogP contribution in [0.1, 0.15) is 21.5 Å². The summed E-state index contributed by atoms with van der Waals surface area (Å²) in [7, 11) is 0. The number of nitrogens with one attached hydrogen (secondary N) is 1. The van der Waals surface area contributed by atoms with Crippen molar-refractivity contribution >= 4 is 40.8 Å². The van der Waals surface area contributed by atoms with E-state index in [9.17, 15) is 14.9 Å². The van der Waals surface area contributed by atoms with Crippen molar-refractivity contribution in [2.24, 2.45) is 0 Å². The normalized spacial score (nSPS) is 10.4. The molecule has 0 aliphatic heterocycles. The molecule has 136 valence electrons. The number of rotatable bonds is 6. The maximum atomic E-state index is 12.7. The molecule has 3 aromatic rings. The first-order chi connectivity index (χ1) is 13.0. The van der Waals surface area contributed by atoms with Crippen LogP contribution in [0.25, 0.3) is 0 Å². The van der Waals surface area contributed by atoms with Crippen LogP contribution >= 0.6 is 23.5 Å². The van der Waals surface area contributed by atoms with Crippen LogP contribution in [0.4, 0.5) is 11.5 Å². The summed E-state index contributed by atoms with van der Waals surface area (Å²) in [6, 6.07) is 15.4. The van der Waals surface area contributed by atoms with Crippen LogP contribution in [-0.2, 0) is 0 Å². The Morgan fingerprint density at radius 2 is 1.93 bits per heavy atom. The highest BCUT2D eigenvalue weighted by Crippen LogP contribution is 2.28. The number of benzene rings is 2. The molecule has 0 aliphatic rings. The number of halogens is 1. The molecule has 0 bridgehead atoms. The highest BCUT2D eigenvalue weighted by molar-refractivity contribution is 8.00. The number of anilines is 1. The number of aromatic nitrogens is 1. The van der Waals surface area contributed by atoms with Gasteiger partial charge in [0.15, 0.2) is 5.78 Å². The highest BCUT2D eigenvalue weighted by Gasteiger charge is 2.15. The molecule has 0 saturated heterocycles. The van der Waals surface area contributed by atoms with E-state index in [0.717, 1.165) is 10.5 Å². The van der Waals surface area contributed by atoms with E-state index in [1.807, 2.05) is 25.1 Å². The topological polar surface area (TPSA) is 85.1 Å². The van der Waals surface area contributed by atoms with Crippen molar-refractivity contribution in [3.8, 4) is 0 Å². The average molecular weight is 400 g/mol. The van der Waals surface area contributed by atoms with E-state index in [0.29, 0.717) is 22.0 Å². The van der Waals surface area contributed by atoms with Crippen molar-refractivity contribution in [2.45, 2.75) is 11.8 Å². The Kier molecular flexibility index (Phi) is 5.73. The van der Waals surface area contributed by atoms with Gasteiger partial charge in [0.2, 0.25) is 0 Å². The number of carbonyl (C=O) groups is 1. The van der Waals surface area contributed by atoms with Gasteiger partial charge in [-0.15, -0.1) is 0 Å². The molecule has 1 heterocycles. The molecule has 0 atom stereocenters. The van der Waals surface area contributed by atoms with Crippen molar-refractivity contribution < 1.29 is 9.72 Å². The van der Waals surface area contributed by atoms with Gasteiger partial charge in [0.05, 0.1) is 9.95 Å². The van der Waals surface area contributed by atoms with Gasteiger partial charge in [0, 0.05) is 22.1 Å². The van der Waals surface area contributed by atoms with E-state index >= 15 is 0 Å². The number of hydrogen-bond acceptors (Lipinski definition) is 6. The Morgan fingerprint density at radius 3 is 2.56 bits per heavy atom. The van der Waals surface area contributed by atoms with Gasteiger partial charge in [0.1, 0.15) is 12.0 Å². The van der Waals surface area contributed by atoms with E-state index in [1.54, 1.807) is 24.3 Å². The van der Waals surface area contributed by atoms with Crippen molar-refractivity contribution in [2.75, 3.05) is 4.72 Å². The van der Waals surface area contributed by atoms with E-state index in [2.05, 4.69) is 9.71 Å². The molecule has 0 fully saturated rings. The van der Waals surface area contributed by atoms with Crippen LogP contribution in [-0.4, -0.2) is 15.7 Å². The third-order valence-corrected chi connectivity index (χ3v) is 4.92. The first-order valence-corrected chi connectivity index (χ1v) is 9.08. The van der Waals surface area contributed by atoms with E-state index in [-0.39, 0.29) is 11.5 Å². The maximum absolute atomic E-state index is 12.7. The lowest BCUT2D eigenvalue weighted by Crippen LogP contribution is -2.04. The Labute approximate surface area is 164 Å². The number of aryl methyl sites for hydroxylation is 1. The second-order valence-electron chi connectivity index (χ2n) is 5.65. The highest BCUT2D eigenvalue weighted by atomic mass is 35.5. The zero-order valence-corrected chi connectivity index (χ0v) is 15.8. The van der Waals surface area contributed by atoms with E-state index in [4.69, 9.17) is 11.6 Å². The summed E-state index contributed by atoms with van der Waals surface area (Å²) >= 11 is 7.55. The number of nitro groups is 1. The van der Waals surface area contributed by atoms with Gasteiger partial charge in [-0.2, -0.15) is 0 Å². The van der Waals surface area contributed by atoms with Crippen molar-refractivity contribution in [1.29, 1.82) is 0 Å². The zero-order chi connectivity index (χ0) is 19.4. The Bertz CT molecular complexity index is 1010. The quantitative estimate of drug-likeness (QED) is 0.262. The predicted octanol–water partition coefficient (Wildman–Crippen LogP) is 5.30. The molecule has 0 amide bonds. The molecule has 1 N–H and O–H groups in total. The molecule has 8 heteroatoms. The summed E-state index contributed by atoms with van der Waals surface area (Å²) in [6.45, 7) is 1.88. The number of pyridine rings is 1. The Morgan fingerprint density at radius 1 is 1.15 bits per heavy atom. The molecule has 27 heavy (non-hydrogen) atoms. The van der Waals surface area contributed by atoms with E-state index in [1.165, 1.54) is 30.3 Å². The minimum Gasteiger partial charge on any atom is -0.310 e. The lowest BCUT2D eigenvalue weighted by Gasteiger charge is -2.09.